The highest BCUT2D eigenvalue weighted by Crippen LogP contribution is 2.13. The molecule has 1 N–H and O–H groups in total. The Bertz CT molecular complexity index is 442. The van der Waals surface area contributed by atoms with Crippen molar-refractivity contribution in [2.45, 2.75) is 26.0 Å². The lowest BCUT2D eigenvalue weighted by molar-refractivity contribution is -0.139. The number of nitrogens with zero attached hydrogens (tertiary/aromatic N) is 1. The van der Waals surface area contributed by atoms with E-state index in [0.29, 0.717) is 19.5 Å². The van der Waals surface area contributed by atoms with Crippen LogP contribution in [-0.2, 0) is 22.7 Å². The van der Waals surface area contributed by atoms with Crippen LogP contribution < -0.4 is 0 Å². The van der Waals surface area contributed by atoms with Crippen molar-refractivity contribution < 1.29 is 14.7 Å². The molecule has 1 saturated heterocycles. The lowest BCUT2D eigenvalue weighted by Gasteiger charge is -2.26. The van der Waals surface area contributed by atoms with Gasteiger partial charge in [-0.3, -0.25) is 9.59 Å². The minimum atomic E-state index is -0.101. The average Bonchev–Trinajstić information content (AvgIpc) is 2.33. The van der Waals surface area contributed by atoms with Gasteiger partial charge in [-0.15, -0.1) is 0 Å². The van der Waals surface area contributed by atoms with Crippen molar-refractivity contribution in [3.63, 3.8) is 0 Å². The summed E-state index contributed by atoms with van der Waals surface area (Å²) in [5.74, 6) is -0.0778. The van der Waals surface area contributed by atoms with Gasteiger partial charge in [-0.2, -0.15) is 0 Å². The number of carbonyl (C=O) groups is 2. The number of hydrogen-bond acceptors (Lipinski definition) is 3. The van der Waals surface area contributed by atoms with E-state index in [1.165, 1.54) is 0 Å². The first-order valence-corrected chi connectivity index (χ1v) is 5.67. The molecular weight excluding hydrogens is 218 g/mol. The highest BCUT2D eigenvalue weighted by molar-refractivity contribution is 6.00. The SMILES string of the molecule is O=C1CCN(Cc2cccc(CO)c2)C(=O)C1. The lowest BCUT2D eigenvalue weighted by Crippen LogP contribution is -2.38. The zero-order chi connectivity index (χ0) is 12.3. The Kier molecular flexibility index (Phi) is 3.54. The van der Waals surface area contributed by atoms with Crippen molar-refractivity contribution in [1.82, 2.24) is 4.90 Å². The van der Waals surface area contributed by atoms with Crippen molar-refractivity contribution in [3.8, 4) is 0 Å². The minimum Gasteiger partial charge on any atom is -0.392 e. The zero-order valence-corrected chi connectivity index (χ0v) is 9.56. The number of aliphatic hydroxyl groups excluding tert-OH is 1. The van der Waals surface area contributed by atoms with Gasteiger partial charge in [-0.25, -0.2) is 0 Å². The number of ketones is 1. The van der Waals surface area contributed by atoms with Crippen LogP contribution in [0.4, 0.5) is 0 Å². The third kappa shape index (κ3) is 2.91. The number of benzene rings is 1. The molecule has 90 valence electrons. The maximum atomic E-state index is 11.6. The molecule has 0 unspecified atom stereocenters. The second-order valence-electron chi connectivity index (χ2n) is 4.26. The van der Waals surface area contributed by atoms with E-state index in [0.717, 1.165) is 11.1 Å². The summed E-state index contributed by atoms with van der Waals surface area (Å²) in [6.45, 7) is 1.02. The quantitative estimate of drug-likeness (QED) is 0.788. The van der Waals surface area contributed by atoms with Crippen LogP contribution >= 0.6 is 0 Å². The number of rotatable bonds is 3. The van der Waals surface area contributed by atoms with Gasteiger partial charge >= 0.3 is 0 Å². The molecule has 1 amide bonds. The van der Waals surface area contributed by atoms with Gasteiger partial charge in [0.05, 0.1) is 13.0 Å². The molecule has 1 aliphatic heterocycles. The molecule has 1 fully saturated rings. The molecule has 0 aliphatic carbocycles. The van der Waals surface area contributed by atoms with Gasteiger partial charge in [0.2, 0.25) is 5.91 Å². The molecular formula is C13H15NO3. The fraction of sp³-hybridized carbons (Fsp3) is 0.385. The maximum Gasteiger partial charge on any atom is 0.230 e. The average molecular weight is 233 g/mol. The smallest absolute Gasteiger partial charge is 0.230 e. The molecule has 2 rings (SSSR count). The van der Waals surface area contributed by atoms with E-state index in [1.54, 1.807) is 4.90 Å². The maximum absolute atomic E-state index is 11.6. The zero-order valence-electron chi connectivity index (χ0n) is 9.56. The fourth-order valence-corrected chi connectivity index (χ4v) is 1.97. The molecule has 0 saturated carbocycles. The molecule has 1 heterocycles. The number of amides is 1. The van der Waals surface area contributed by atoms with Crippen LogP contribution in [0, 0.1) is 0 Å². The number of likely N-dealkylation sites (tertiary alicyclic amines) is 1. The molecule has 1 aromatic carbocycles. The third-order valence-corrected chi connectivity index (χ3v) is 2.91. The van der Waals surface area contributed by atoms with Crippen LogP contribution in [0.1, 0.15) is 24.0 Å². The van der Waals surface area contributed by atoms with Crippen LogP contribution in [0.15, 0.2) is 24.3 Å². The Morgan fingerprint density at radius 3 is 2.71 bits per heavy atom. The Balaban J connectivity index is 2.05. The minimum absolute atomic E-state index is 0.000270. The van der Waals surface area contributed by atoms with Gasteiger partial charge in [0.25, 0.3) is 0 Å². The first-order valence-electron chi connectivity index (χ1n) is 5.67. The number of hydrogen-bond donors (Lipinski definition) is 1. The van der Waals surface area contributed by atoms with E-state index in [4.69, 9.17) is 5.11 Å². The first kappa shape index (κ1) is 11.8. The normalized spacial score (nSPS) is 16.4. The molecule has 0 bridgehead atoms. The molecule has 17 heavy (non-hydrogen) atoms. The van der Waals surface area contributed by atoms with Crippen LogP contribution in [0.2, 0.25) is 0 Å². The van der Waals surface area contributed by atoms with Gasteiger partial charge in [-0.05, 0) is 11.1 Å². The van der Waals surface area contributed by atoms with E-state index < -0.39 is 0 Å². The number of carbonyl (C=O) groups excluding carboxylic acids is 2. The van der Waals surface area contributed by atoms with Crippen molar-refractivity contribution in [1.29, 1.82) is 0 Å². The summed E-state index contributed by atoms with van der Waals surface area (Å²) in [4.78, 5) is 24.4. The van der Waals surface area contributed by atoms with Gasteiger partial charge in [0.15, 0.2) is 0 Å². The van der Waals surface area contributed by atoms with E-state index >= 15 is 0 Å². The van der Waals surface area contributed by atoms with E-state index in [-0.39, 0.29) is 24.7 Å². The Morgan fingerprint density at radius 2 is 2.00 bits per heavy atom. The molecule has 1 aromatic rings. The van der Waals surface area contributed by atoms with Gasteiger partial charge in [-0.1, -0.05) is 24.3 Å². The third-order valence-electron chi connectivity index (χ3n) is 2.91. The largest absolute Gasteiger partial charge is 0.392 e. The predicted octanol–water partition coefficient (Wildman–Crippen LogP) is 0.870. The second-order valence-corrected chi connectivity index (χ2v) is 4.26. The Labute approximate surface area is 99.9 Å². The molecule has 4 heteroatoms. The van der Waals surface area contributed by atoms with Crippen LogP contribution in [0.3, 0.4) is 0 Å². The summed E-state index contributed by atoms with van der Waals surface area (Å²) in [5, 5.41) is 9.03. The van der Waals surface area contributed by atoms with E-state index in [9.17, 15) is 9.59 Å². The van der Waals surface area contributed by atoms with Crippen molar-refractivity contribution in [2.75, 3.05) is 6.54 Å². The monoisotopic (exact) mass is 233 g/mol. The number of Topliss-reactive ketones (excluding diaryl/α,β-unsaturated/α-hetero) is 1. The summed E-state index contributed by atoms with van der Waals surface area (Å²) in [6.07, 6.45) is 0.477. The van der Waals surface area contributed by atoms with Crippen LogP contribution in [0.25, 0.3) is 0 Å². The van der Waals surface area contributed by atoms with Crippen molar-refractivity contribution >= 4 is 11.7 Å². The number of piperidine rings is 1. The number of aliphatic hydroxyl groups is 1. The predicted molar refractivity (Wildman–Crippen MR) is 62.0 cm³/mol. The van der Waals surface area contributed by atoms with Gasteiger partial charge in [0.1, 0.15) is 5.78 Å². The van der Waals surface area contributed by atoms with Crippen molar-refractivity contribution in [2.24, 2.45) is 0 Å². The second kappa shape index (κ2) is 5.10. The summed E-state index contributed by atoms with van der Waals surface area (Å²) in [5.41, 5.74) is 1.82. The molecule has 0 spiro atoms. The first-order chi connectivity index (χ1) is 8.19. The fourth-order valence-electron chi connectivity index (χ4n) is 1.97. The Morgan fingerprint density at radius 1 is 1.24 bits per heavy atom. The summed E-state index contributed by atoms with van der Waals surface area (Å²) in [6, 6.07) is 7.50. The summed E-state index contributed by atoms with van der Waals surface area (Å²) >= 11 is 0. The molecule has 0 atom stereocenters. The Hall–Kier alpha value is -1.68. The summed E-state index contributed by atoms with van der Waals surface area (Å²) < 4.78 is 0. The van der Waals surface area contributed by atoms with Crippen LogP contribution in [0.5, 0.6) is 0 Å². The van der Waals surface area contributed by atoms with E-state index in [1.807, 2.05) is 24.3 Å². The standard InChI is InChI=1S/C13H15NO3/c15-9-11-3-1-2-10(6-11)8-14-5-4-12(16)7-13(14)17/h1-3,6,15H,4-5,7-9H2. The van der Waals surface area contributed by atoms with Crippen molar-refractivity contribution in [3.05, 3.63) is 35.4 Å². The van der Waals surface area contributed by atoms with E-state index in [2.05, 4.69) is 0 Å². The topological polar surface area (TPSA) is 57.6 Å². The lowest BCUT2D eigenvalue weighted by atomic mass is 10.1. The van der Waals surface area contributed by atoms with Gasteiger partial charge in [0, 0.05) is 19.5 Å². The molecule has 0 aromatic heterocycles. The highest BCUT2D eigenvalue weighted by atomic mass is 16.3. The molecule has 0 radical (unpaired) electrons. The van der Waals surface area contributed by atoms with Gasteiger partial charge < -0.3 is 10.0 Å². The van der Waals surface area contributed by atoms with Crippen LogP contribution in [-0.4, -0.2) is 28.2 Å². The molecule has 4 nitrogen and oxygen atoms in total. The molecule has 1 aliphatic rings. The summed E-state index contributed by atoms with van der Waals surface area (Å²) in [7, 11) is 0. The highest BCUT2D eigenvalue weighted by Gasteiger charge is 2.23.